The molecule has 0 bridgehead atoms. The van der Waals surface area contributed by atoms with E-state index in [0.717, 1.165) is 27.1 Å². The minimum Gasteiger partial charge on any atom is -0.488 e. The summed E-state index contributed by atoms with van der Waals surface area (Å²) in [5.74, 6) is 1.50. The minimum absolute atomic E-state index is 0.419. The lowest BCUT2D eigenvalue weighted by molar-refractivity contribution is 0.305. The Labute approximate surface area is 184 Å². The normalized spacial score (nSPS) is 11.7. The van der Waals surface area contributed by atoms with Crippen molar-refractivity contribution in [3.63, 3.8) is 0 Å². The van der Waals surface area contributed by atoms with Gasteiger partial charge in [-0.25, -0.2) is 0 Å². The van der Waals surface area contributed by atoms with Gasteiger partial charge in [-0.1, -0.05) is 87.9 Å². The first kappa shape index (κ1) is 21.1. The molecule has 0 saturated heterocycles. The third-order valence-corrected chi connectivity index (χ3v) is 5.38. The fourth-order valence-corrected chi connectivity index (χ4v) is 3.61. The van der Waals surface area contributed by atoms with Crippen LogP contribution in [0, 0.1) is 6.92 Å². The zero-order chi connectivity index (χ0) is 20.5. The Morgan fingerprint density at radius 1 is 1.03 bits per heavy atom. The number of thioether (sulfide) groups is 1. The molecule has 6 heteroatoms. The number of hydrogen-bond acceptors (Lipinski definition) is 4. The van der Waals surface area contributed by atoms with Crippen molar-refractivity contribution in [3.8, 4) is 5.75 Å². The van der Waals surface area contributed by atoms with Gasteiger partial charge in [-0.2, -0.15) is 5.10 Å². The first-order valence-electron chi connectivity index (χ1n) is 9.11. The predicted molar refractivity (Wildman–Crippen MR) is 127 cm³/mol. The van der Waals surface area contributed by atoms with Crippen LogP contribution in [0.2, 0.25) is 0 Å². The highest BCUT2D eigenvalue weighted by Gasteiger charge is 2.04. The fraction of sp³-hybridized carbons (Fsp3) is 0.130. The maximum atomic E-state index is 6.00. The van der Waals surface area contributed by atoms with Crippen molar-refractivity contribution in [1.29, 1.82) is 0 Å². The van der Waals surface area contributed by atoms with E-state index in [1.807, 2.05) is 42.5 Å². The number of ether oxygens (including phenoxy) is 1. The molecule has 3 aromatic rings. The summed E-state index contributed by atoms with van der Waals surface area (Å²) in [6.45, 7) is 2.56. The Morgan fingerprint density at radius 3 is 2.62 bits per heavy atom. The molecule has 0 aliphatic heterocycles. The zero-order valence-corrected chi connectivity index (χ0v) is 18.5. The first-order chi connectivity index (χ1) is 14.1. The van der Waals surface area contributed by atoms with Gasteiger partial charge in [0, 0.05) is 15.8 Å². The number of aryl methyl sites for hydroxylation is 1. The van der Waals surface area contributed by atoms with E-state index in [-0.39, 0.29) is 0 Å². The second-order valence-corrected chi connectivity index (χ2v) is 8.33. The summed E-state index contributed by atoms with van der Waals surface area (Å²) in [4.78, 5) is 0. The van der Waals surface area contributed by atoms with Gasteiger partial charge < -0.3 is 10.5 Å². The highest BCUT2D eigenvalue weighted by atomic mass is 79.9. The smallest absolute Gasteiger partial charge is 0.180 e. The van der Waals surface area contributed by atoms with Gasteiger partial charge in [0.1, 0.15) is 12.4 Å². The highest BCUT2D eigenvalue weighted by Crippen LogP contribution is 2.23. The van der Waals surface area contributed by atoms with Crippen molar-refractivity contribution >= 4 is 39.1 Å². The molecule has 0 aromatic heterocycles. The van der Waals surface area contributed by atoms with Gasteiger partial charge in [0.25, 0.3) is 0 Å². The Kier molecular flexibility index (Phi) is 7.90. The van der Waals surface area contributed by atoms with Crippen molar-refractivity contribution < 1.29 is 4.74 Å². The second kappa shape index (κ2) is 10.8. The van der Waals surface area contributed by atoms with Crippen molar-refractivity contribution in [2.75, 3.05) is 0 Å². The lowest BCUT2D eigenvalue weighted by Crippen LogP contribution is -2.06. The molecule has 0 radical (unpaired) electrons. The molecular formula is C23H22BrN3OS. The lowest BCUT2D eigenvalue weighted by atomic mass is 10.1. The topological polar surface area (TPSA) is 60.0 Å². The van der Waals surface area contributed by atoms with E-state index in [2.05, 4.69) is 63.4 Å². The summed E-state index contributed by atoms with van der Waals surface area (Å²) >= 11 is 4.95. The molecule has 0 amide bonds. The quantitative estimate of drug-likeness (QED) is 0.266. The average Bonchev–Trinajstić information content (AvgIpc) is 2.72. The van der Waals surface area contributed by atoms with Crippen molar-refractivity contribution in [2.24, 2.45) is 15.9 Å². The van der Waals surface area contributed by atoms with Gasteiger partial charge in [-0.05, 0) is 36.2 Å². The van der Waals surface area contributed by atoms with Crippen LogP contribution < -0.4 is 10.5 Å². The van der Waals surface area contributed by atoms with Gasteiger partial charge in [0.2, 0.25) is 0 Å². The summed E-state index contributed by atoms with van der Waals surface area (Å²) in [6.07, 6.45) is 1.66. The molecular weight excluding hydrogens is 446 g/mol. The van der Waals surface area contributed by atoms with Crippen LogP contribution in [0.4, 0.5) is 0 Å². The van der Waals surface area contributed by atoms with Crippen molar-refractivity contribution in [3.05, 3.63) is 99.5 Å². The molecule has 2 N–H and O–H groups in total. The van der Waals surface area contributed by atoms with E-state index in [9.17, 15) is 0 Å². The molecule has 29 heavy (non-hydrogen) atoms. The van der Waals surface area contributed by atoms with E-state index in [0.29, 0.717) is 11.8 Å². The number of rotatable bonds is 7. The van der Waals surface area contributed by atoms with Crippen LogP contribution in [0.3, 0.4) is 0 Å². The zero-order valence-electron chi connectivity index (χ0n) is 16.1. The number of benzene rings is 3. The van der Waals surface area contributed by atoms with E-state index in [1.165, 1.54) is 22.9 Å². The molecule has 0 saturated carbocycles. The molecule has 148 valence electrons. The lowest BCUT2D eigenvalue weighted by Gasteiger charge is -2.10. The molecule has 0 atom stereocenters. The number of amidine groups is 1. The van der Waals surface area contributed by atoms with Crippen LogP contribution >= 0.6 is 27.7 Å². The van der Waals surface area contributed by atoms with Crippen LogP contribution in [0.25, 0.3) is 0 Å². The number of hydrogen-bond donors (Lipinski definition) is 1. The highest BCUT2D eigenvalue weighted by molar-refractivity contribution is 9.10. The Morgan fingerprint density at radius 2 is 1.83 bits per heavy atom. The summed E-state index contributed by atoms with van der Waals surface area (Å²) in [7, 11) is 0. The Balaban J connectivity index is 1.63. The summed E-state index contributed by atoms with van der Waals surface area (Å²) < 4.78 is 6.94. The SMILES string of the molecule is Cc1cccc(COc2ccc(Br)cc2C=NN=C(N)SCc2ccccc2)c1. The van der Waals surface area contributed by atoms with E-state index in [1.54, 1.807) is 6.21 Å². The maximum Gasteiger partial charge on any atom is 0.180 e. The van der Waals surface area contributed by atoms with Gasteiger partial charge in [-0.3, -0.25) is 0 Å². The van der Waals surface area contributed by atoms with E-state index >= 15 is 0 Å². The summed E-state index contributed by atoms with van der Waals surface area (Å²) in [5, 5.41) is 8.65. The monoisotopic (exact) mass is 467 g/mol. The molecule has 0 aliphatic rings. The van der Waals surface area contributed by atoms with Crippen molar-refractivity contribution in [2.45, 2.75) is 19.3 Å². The number of nitrogens with zero attached hydrogens (tertiary/aromatic N) is 2. The van der Waals surface area contributed by atoms with Gasteiger partial charge in [0.15, 0.2) is 5.17 Å². The Hall–Kier alpha value is -2.57. The predicted octanol–water partition coefficient (Wildman–Crippen LogP) is 5.92. The van der Waals surface area contributed by atoms with Crippen LogP contribution in [-0.4, -0.2) is 11.4 Å². The number of halogens is 1. The minimum atomic E-state index is 0.419. The van der Waals surface area contributed by atoms with E-state index in [4.69, 9.17) is 10.5 Å². The summed E-state index contributed by atoms with van der Waals surface area (Å²) in [6, 6.07) is 24.2. The third-order valence-electron chi connectivity index (χ3n) is 4.03. The van der Waals surface area contributed by atoms with Gasteiger partial charge >= 0.3 is 0 Å². The van der Waals surface area contributed by atoms with E-state index < -0.39 is 0 Å². The third kappa shape index (κ3) is 7.07. The van der Waals surface area contributed by atoms with Gasteiger partial charge in [-0.15, -0.1) is 5.10 Å². The molecule has 0 spiro atoms. The maximum absolute atomic E-state index is 6.00. The second-order valence-electron chi connectivity index (χ2n) is 6.42. The standard InChI is InChI=1S/C23H22BrN3OS/c1-17-6-5-9-19(12-17)15-28-22-11-10-21(24)13-20(22)14-26-27-23(25)29-16-18-7-3-2-4-8-18/h2-14H,15-16H2,1H3,(H2,25,27). The summed E-state index contributed by atoms with van der Waals surface area (Å²) in [5.41, 5.74) is 10.3. The fourth-order valence-electron chi connectivity index (χ4n) is 2.62. The van der Waals surface area contributed by atoms with Crippen LogP contribution in [0.5, 0.6) is 5.75 Å². The molecule has 0 aliphatic carbocycles. The Bertz CT molecular complexity index is 1010. The molecule has 3 aromatic carbocycles. The average molecular weight is 468 g/mol. The van der Waals surface area contributed by atoms with Crippen LogP contribution in [0.1, 0.15) is 22.3 Å². The molecule has 0 heterocycles. The molecule has 0 unspecified atom stereocenters. The van der Waals surface area contributed by atoms with Crippen LogP contribution in [0.15, 0.2) is 87.5 Å². The van der Waals surface area contributed by atoms with Crippen LogP contribution in [-0.2, 0) is 12.4 Å². The van der Waals surface area contributed by atoms with Gasteiger partial charge in [0.05, 0.1) is 6.21 Å². The number of nitrogens with two attached hydrogens (primary N) is 1. The molecule has 0 fully saturated rings. The largest absolute Gasteiger partial charge is 0.488 e. The molecule has 3 rings (SSSR count). The molecule has 4 nitrogen and oxygen atoms in total. The first-order valence-corrected chi connectivity index (χ1v) is 10.9. The van der Waals surface area contributed by atoms with Crippen molar-refractivity contribution in [1.82, 2.24) is 0 Å².